The average molecular weight is 662 g/mol. The topological polar surface area (TPSA) is 98.7 Å². The van der Waals surface area contributed by atoms with Crippen molar-refractivity contribution in [1.82, 2.24) is 10.2 Å². The second-order valence-corrected chi connectivity index (χ2v) is 12.6. The summed E-state index contributed by atoms with van der Waals surface area (Å²) in [7, 11) is 0. The van der Waals surface area contributed by atoms with E-state index in [9.17, 15) is 9.59 Å². The largest absolute Gasteiger partial charge is 0.439 e. The van der Waals surface area contributed by atoms with Crippen LogP contribution in [0.3, 0.4) is 0 Å². The molecular formula is C40H43N3O6. The van der Waals surface area contributed by atoms with Gasteiger partial charge in [-0.2, -0.15) is 0 Å². The molecule has 9 heteroatoms. The Hall–Kier alpha value is -5.09. The highest BCUT2D eigenvalue weighted by Crippen LogP contribution is 2.41. The number of benzene rings is 4. The van der Waals surface area contributed by atoms with Crippen LogP contribution < -0.4 is 5.32 Å². The first kappa shape index (κ1) is 35.2. The van der Waals surface area contributed by atoms with Gasteiger partial charge in [-0.1, -0.05) is 124 Å². The third kappa shape index (κ3) is 9.29. The highest BCUT2D eigenvalue weighted by atomic mass is 16.8. The van der Waals surface area contributed by atoms with Crippen molar-refractivity contribution in [2.45, 2.75) is 45.0 Å². The normalized spacial score (nSPS) is 14.3. The lowest BCUT2D eigenvalue weighted by atomic mass is 9.80. The van der Waals surface area contributed by atoms with Gasteiger partial charge in [0, 0.05) is 18.7 Å². The number of hydrogen-bond acceptors (Lipinski definition) is 8. The maximum atomic E-state index is 13.1. The summed E-state index contributed by atoms with van der Waals surface area (Å²) < 4.78 is 24.2. The Morgan fingerprint density at radius 2 is 1.37 bits per heavy atom. The van der Waals surface area contributed by atoms with Crippen molar-refractivity contribution in [3.8, 4) is 0 Å². The standard InChI is InChI=1S/C40H43N3O6/c1-30(44)47-29-48-37(49-40(33-14-8-5-9-15-33,34-16-10-6-11-17-34)35-18-12-7-13-19-35)26-43-25-24-36(41-27-46-28-43)42-38(45)31-20-22-32(23-21-31)39(2,3)4/h5-25,37H,26-29H2,1-4H3,(H,41,42,45)/t37-/m1/s1. The number of nitrogens with one attached hydrogen (secondary N) is 1. The van der Waals surface area contributed by atoms with Crippen LogP contribution in [0.1, 0.15) is 60.3 Å². The Kier molecular flexibility index (Phi) is 11.7. The van der Waals surface area contributed by atoms with Crippen LogP contribution in [0.15, 0.2) is 133 Å². The Balaban J connectivity index is 1.42. The lowest BCUT2D eigenvalue weighted by molar-refractivity contribution is -0.231. The minimum Gasteiger partial charge on any atom is -0.439 e. The fraction of sp³-hybridized carbons (Fsp3) is 0.275. The highest BCUT2D eigenvalue weighted by molar-refractivity contribution is 6.10. The predicted octanol–water partition coefficient (Wildman–Crippen LogP) is 6.75. The van der Waals surface area contributed by atoms with Gasteiger partial charge in [-0.3, -0.25) is 9.59 Å². The molecule has 4 aromatic carbocycles. The van der Waals surface area contributed by atoms with Crippen molar-refractivity contribution in [3.05, 3.63) is 155 Å². The van der Waals surface area contributed by atoms with E-state index in [1.54, 1.807) is 12.3 Å². The van der Waals surface area contributed by atoms with Crippen LogP contribution in [-0.4, -0.2) is 55.7 Å². The molecule has 1 heterocycles. The maximum Gasteiger partial charge on any atom is 0.304 e. The molecule has 1 atom stereocenters. The molecule has 5 rings (SSSR count). The fourth-order valence-electron chi connectivity index (χ4n) is 5.48. The number of rotatable bonds is 11. The van der Waals surface area contributed by atoms with E-state index >= 15 is 0 Å². The fourth-order valence-corrected chi connectivity index (χ4v) is 5.48. The van der Waals surface area contributed by atoms with E-state index in [-0.39, 0.29) is 38.1 Å². The quantitative estimate of drug-likeness (QED) is 0.108. The summed E-state index contributed by atoms with van der Waals surface area (Å²) in [6.07, 6.45) is 2.55. The monoisotopic (exact) mass is 661 g/mol. The Morgan fingerprint density at radius 3 is 1.88 bits per heavy atom. The van der Waals surface area contributed by atoms with E-state index in [1.165, 1.54) is 6.92 Å². The van der Waals surface area contributed by atoms with Gasteiger partial charge in [0.15, 0.2) is 13.1 Å². The summed E-state index contributed by atoms with van der Waals surface area (Å²) in [6.45, 7) is 7.77. The minimum atomic E-state index is -1.10. The average Bonchev–Trinajstić information content (AvgIpc) is 3.10. The van der Waals surface area contributed by atoms with Crippen LogP contribution >= 0.6 is 0 Å². The zero-order valence-electron chi connectivity index (χ0n) is 28.4. The highest BCUT2D eigenvalue weighted by Gasteiger charge is 2.40. The number of aliphatic imine (C=N–C) groups is 1. The summed E-state index contributed by atoms with van der Waals surface area (Å²) in [5.74, 6) is -0.404. The molecule has 254 valence electrons. The van der Waals surface area contributed by atoms with E-state index in [1.807, 2.05) is 120 Å². The maximum absolute atomic E-state index is 13.1. The van der Waals surface area contributed by atoms with Crippen LogP contribution in [0, 0.1) is 0 Å². The molecule has 49 heavy (non-hydrogen) atoms. The van der Waals surface area contributed by atoms with Crippen LogP contribution in [-0.2, 0) is 34.8 Å². The number of hydrogen-bond donors (Lipinski definition) is 1. The van der Waals surface area contributed by atoms with Gasteiger partial charge in [-0.05, 0) is 45.9 Å². The first-order valence-electron chi connectivity index (χ1n) is 16.2. The van der Waals surface area contributed by atoms with Crippen molar-refractivity contribution in [2.75, 3.05) is 26.8 Å². The second-order valence-electron chi connectivity index (χ2n) is 12.6. The molecule has 0 radical (unpaired) electrons. The van der Waals surface area contributed by atoms with Gasteiger partial charge in [-0.15, -0.1) is 0 Å². The minimum absolute atomic E-state index is 0.0193. The van der Waals surface area contributed by atoms with Gasteiger partial charge in [0.1, 0.15) is 24.9 Å². The summed E-state index contributed by atoms with van der Waals surface area (Å²) >= 11 is 0. The molecule has 1 aliphatic heterocycles. The Bertz CT molecular complexity index is 1620. The molecule has 1 amide bonds. The van der Waals surface area contributed by atoms with Crippen LogP contribution in [0.25, 0.3) is 0 Å². The lowest BCUT2D eigenvalue weighted by Crippen LogP contribution is -2.43. The molecule has 0 aliphatic carbocycles. The predicted molar refractivity (Wildman–Crippen MR) is 189 cm³/mol. The van der Waals surface area contributed by atoms with Gasteiger partial charge >= 0.3 is 5.97 Å². The van der Waals surface area contributed by atoms with Gasteiger partial charge in [-0.25, -0.2) is 4.99 Å². The van der Waals surface area contributed by atoms with E-state index < -0.39 is 17.9 Å². The third-order valence-corrected chi connectivity index (χ3v) is 8.03. The van der Waals surface area contributed by atoms with E-state index in [0.29, 0.717) is 11.4 Å². The van der Waals surface area contributed by atoms with E-state index in [2.05, 4.69) is 31.1 Å². The van der Waals surface area contributed by atoms with Crippen LogP contribution in [0.4, 0.5) is 0 Å². The molecule has 1 N–H and O–H groups in total. The lowest BCUT2D eigenvalue weighted by Gasteiger charge is -2.39. The molecule has 0 aromatic heterocycles. The summed E-state index contributed by atoms with van der Waals surface area (Å²) in [5.41, 5.74) is 3.22. The van der Waals surface area contributed by atoms with Crippen molar-refractivity contribution in [1.29, 1.82) is 0 Å². The van der Waals surface area contributed by atoms with Crippen LogP contribution in [0.2, 0.25) is 0 Å². The first-order chi connectivity index (χ1) is 23.6. The number of carbonyl (C=O) groups excluding carboxylic acids is 2. The van der Waals surface area contributed by atoms with Crippen molar-refractivity contribution >= 4 is 17.7 Å². The SMILES string of the molecule is CC(=O)OCO[C@@H](CN1C=CC(NC(=O)c2ccc(C(C)(C)C)cc2)=NCOC1)OC(c1ccccc1)(c1ccccc1)c1ccccc1. The number of amidine groups is 1. The molecule has 0 saturated carbocycles. The zero-order chi connectivity index (χ0) is 34.7. The Morgan fingerprint density at radius 1 is 0.816 bits per heavy atom. The Labute approximate surface area is 288 Å². The van der Waals surface area contributed by atoms with Crippen LogP contribution in [0.5, 0.6) is 0 Å². The molecule has 0 fully saturated rings. The molecular weight excluding hydrogens is 618 g/mol. The summed E-state index contributed by atoms with van der Waals surface area (Å²) in [4.78, 5) is 31.1. The van der Waals surface area contributed by atoms with Gasteiger partial charge in [0.2, 0.25) is 0 Å². The zero-order valence-corrected chi connectivity index (χ0v) is 28.4. The van der Waals surface area contributed by atoms with Gasteiger partial charge in [0.25, 0.3) is 5.91 Å². The summed E-state index contributed by atoms with van der Waals surface area (Å²) in [6, 6.07) is 37.4. The van der Waals surface area contributed by atoms with Crippen molar-refractivity contribution in [3.63, 3.8) is 0 Å². The number of esters is 1. The molecule has 0 unspecified atom stereocenters. The molecule has 9 nitrogen and oxygen atoms in total. The van der Waals surface area contributed by atoms with Gasteiger partial charge < -0.3 is 29.2 Å². The first-order valence-corrected chi connectivity index (χ1v) is 16.2. The smallest absolute Gasteiger partial charge is 0.304 e. The number of nitrogens with zero attached hydrogens (tertiary/aromatic N) is 2. The number of amides is 1. The van der Waals surface area contributed by atoms with Crippen molar-refractivity contribution < 1.29 is 28.5 Å². The number of ether oxygens (including phenoxy) is 4. The molecule has 0 spiro atoms. The van der Waals surface area contributed by atoms with Crippen molar-refractivity contribution in [2.24, 2.45) is 4.99 Å². The molecule has 4 aromatic rings. The molecule has 0 bridgehead atoms. The second kappa shape index (κ2) is 16.3. The molecule has 0 saturated heterocycles. The number of carbonyl (C=O) groups is 2. The molecule has 1 aliphatic rings. The third-order valence-electron chi connectivity index (χ3n) is 8.03. The summed E-state index contributed by atoms with van der Waals surface area (Å²) in [5, 5.41) is 2.88. The van der Waals surface area contributed by atoms with E-state index in [4.69, 9.17) is 18.9 Å². The van der Waals surface area contributed by atoms with Gasteiger partial charge in [0.05, 0.1) is 6.54 Å². The van der Waals surface area contributed by atoms with E-state index in [0.717, 1.165) is 22.3 Å².